The van der Waals surface area contributed by atoms with E-state index in [4.69, 9.17) is 0 Å². The fourth-order valence-electron chi connectivity index (χ4n) is 2.70. The minimum Gasteiger partial charge on any atom is -0.313 e. The van der Waals surface area contributed by atoms with Crippen molar-refractivity contribution in [3.63, 3.8) is 0 Å². The van der Waals surface area contributed by atoms with E-state index in [2.05, 4.69) is 10.6 Å². The molecule has 2 rings (SSSR count). The molecule has 1 atom stereocenters. The van der Waals surface area contributed by atoms with Crippen molar-refractivity contribution in [2.24, 2.45) is 5.92 Å². The van der Waals surface area contributed by atoms with Crippen molar-refractivity contribution in [2.75, 3.05) is 19.6 Å². The molecule has 1 heterocycles. The highest BCUT2D eigenvalue weighted by atomic mass is 16.1. The van der Waals surface area contributed by atoms with Crippen molar-refractivity contribution in [1.29, 1.82) is 0 Å². The zero-order valence-corrected chi connectivity index (χ0v) is 9.43. The van der Waals surface area contributed by atoms with Crippen LogP contribution in [0.15, 0.2) is 0 Å². The summed E-state index contributed by atoms with van der Waals surface area (Å²) in [5.74, 6) is 0.800. The van der Waals surface area contributed by atoms with Crippen LogP contribution in [0.2, 0.25) is 0 Å². The molecule has 3 heteroatoms. The van der Waals surface area contributed by atoms with Crippen LogP contribution < -0.4 is 10.6 Å². The lowest BCUT2D eigenvalue weighted by molar-refractivity contribution is -0.125. The lowest BCUT2D eigenvalue weighted by atomic mass is 9.90. The fourth-order valence-corrected chi connectivity index (χ4v) is 2.70. The molecule has 0 bridgehead atoms. The Morgan fingerprint density at radius 2 is 1.73 bits per heavy atom. The van der Waals surface area contributed by atoms with Gasteiger partial charge in [0.05, 0.1) is 6.04 Å². The predicted molar refractivity (Wildman–Crippen MR) is 60.9 cm³/mol. The number of hydrogen-bond donors (Lipinski definition) is 2. The van der Waals surface area contributed by atoms with Crippen molar-refractivity contribution >= 4 is 5.78 Å². The highest BCUT2D eigenvalue weighted by molar-refractivity contribution is 5.86. The Morgan fingerprint density at radius 3 is 2.33 bits per heavy atom. The number of rotatable bonds is 2. The summed E-state index contributed by atoms with van der Waals surface area (Å²) < 4.78 is 0. The van der Waals surface area contributed by atoms with E-state index in [-0.39, 0.29) is 6.04 Å². The van der Waals surface area contributed by atoms with Crippen LogP contribution in [0.4, 0.5) is 0 Å². The van der Waals surface area contributed by atoms with Gasteiger partial charge < -0.3 is 10.6 Å². The first-order valence-corrected chi connectivity index (χ1v) is 6.36. The first kappa shape index (κ1) is 11.1. The molecule has 1 unspecified atom stereocenters. The van der Waals surface area contributed by atoms with Crippen molar-refractivity contribution in [1.82, 2.24) is 10.6 Å². The second-order valence-electron chi connectivity index (χ2n) is 4.80. The van der Waals surface area contributed by atoms with Gasteiger partial charge in [0.1, 0.15) is 0 Å². The number of piperazine rings is 1. The van der Waals surface area contributed by atoms with Gasteiger partial charge >= 0.3 is 0 Å². The quantitative estimate of drug-likeness (QED) is 0.670. The van der Waals surface area contributed by atoms with E-state index < -0.39 is 0 Å². The molecular weight excluding hydrogens is 188 g/mol. The van der Waals surface area contributed by atoms with Crippen molar-refractivity contribution in [2.45, 2.75) is 44.6 Å². The smallest absolute Gasteiger partial charge is 0.154 e. The van der Waals surface area contributed by atoms with Gasteiger partial charge in [0.15, 0.2) is 5.78 Å². The molecule has 2 fully saturated rings. The summed E-state index contributed by atoms with van der Waals surface area (Å²) in [7, 11) is 0. The zero-order chi connectivity index (χ0) is 10.5. The van der Waals surface area contributed by atoms with Gasteiger partial charge in [-0.1, -0.05) is 25.7 Å². The molecule has 2 aliphatic rings. The maximum atomic E-state index is 12.2. The van der Waals surface area contributed by atoms with Gasteiger partial charge in [-0.2, -0.15) is 0 Å². The van der Waals surface area contributed by atoms with Crippen molar-refractivity contribution in [3.8, 4) is 0 Å². The third-order valence-electron chi connectivity index (χ3n) is 3.64. The summed E-state index contributed by atoms with van der Waals surface area (Å²) in [4.78, 5) is 12.2. The molecule has 1 saturated carbocycles. The average molecular weight is 210 g/mol. The van der Waals surface area contributed by atoms with Crippen LogP contribution >= 0.6 is 0 Å². The third kappa shape index (κ3) is 3.02. The van der Waals surface area contributed by atoms with E-state index in [9.17, 15) is 4.79 Å². The SMILES string of the molecule is O=C(C1CCCCCC1)C1CNCCN1. The summed E-state index contributed by atoms with van der Waals surface area (Å²) in [5, 5.41) is 6.61. The molecule has 2 N–H and O–H groups in total. The molecule has 0 spiro atoms. The number of ketones is 1. The molecule has 15 heavy (non-hydrogen) atoms. The Hall–Kier alpha value is -0.410. The normalized spacial score (nSPS) is 29.7. The Morgan fingerprint density at radius 1 is 1.00 bits per heavy atom. The Labute approximate surface area is 92.0 Å². The molecule has 0 aromatic heterocycles. The fraction of sp³-hybridized carbons (Fsp3) is 0.917. The van der Waals surface area contributed by atoms with Gasteiger partial charge in [0.25, 0.3) is 0 Å². The maximum absolute atomic E-state index is 12.2. The zero-order valence-electron chi connectivity index (χ0n) is 9.43. The lowest BCUT2D eigenvalue weighted by Crippen LogP contribution is -2.53. The van der Waals surface area contributed by atoms with Crippen LogP contribution in [0, 0.1) is 5.92 Å². The summed E-state index contributed by atoms with van der Waals surface area (Å²) in [6.07, 6.45) is 7.38. The summed E-state index contributed by atoms with van der Waals surface area (Å²) >= 11 is 0. The van der Waals surface area contributed by atoms with Crippen molar-refractivity contribution in [3.05, 3.63) is 0 Å². The van der Waals surface area contributed by atoms with Crippen LogP contribution in [0.1, 0.15) is 38.5 Å². The third-order valence-corrected chi connectivity index (χ3v) is 3.64. The summed E-state index contributed by atoms with van der Waals surface area (Å²) in [5.41, 5.74) is 0. The summed E-state index contributed by atoms with van der Waals surface area (Å²) in [6, 6.07) is 0.0850. The van der Waals surface area contributed by atoms with Crippen LogP contribution in [-0.2, 0) is 4.79 Å². The van der Waals surface area contributed by atoms with E-state index >= 15 is 0 Å². The number of nitrogens with one attached hydrogen (secondary N) is 2. The number of carbonyl (C=O) groups excluding carboxylic acids is 1. The Bertz CT molecular complexity index is 204. The molecule has 3 nitrogen and oxygen atoms in total. The van der Waals surface area contributed by atoms with E-state index in [0.29, 0.717) is 11.7 Å². The molecule has 1 saturated heterocycles. The van der Waals surface area contributed by atoms with Crippen LogP contribution in [0.25, 0.3) is 0 Å². The Balaban J connectivity index is 1.87. The highest BCUT2D eigenvalue weighted by Crippen LogP contribution is 2.24. The van der Waals surface area contributed by atoms with Crippen molar-refractivity contribution < 1.29 is 4.79 Å². The van der Waals surface area contributed by atoms with E-state index in [1.54, 1.807) is 0 Å². The molecule has 1 aliphatic carbocycles. The van der Waals surface area contributed by atoms with Crippen LogP contribution in [-0.4, -0.2) is 31.5 Å². The van der Waals surface area contributed by atoms with Gasteiger partial charge in [0, 0.05) is 25.6 Å². The molecule has 0 amide bonds. The van der Waals surface area contributed by atoms with E-state index in [1.165, 1.54) is 25.7 Å². The first-order valence-electron chi connectivity index (χ1n) is 6.36. The molecule has 86 valence electrons. The second kappa shape index (κ2) is 5.61. The van der Waals surface area contributed by atoms with Crippen LogP contribution in [0.3, 0.4) is 0 Å². The van der Waals surface area contributed by atoms with Gasteiger partial charge in [-0.05, 0) is 12.8 Å². The monoisotopic (exact) mass is 210 g/mol. The Kier molecular flexibility index (Phi) is 4.15. The molecular formula is C12H22N2O. The van der Waals surface area contributed by atoms with Gasteiger partial charge in [-0.3, -0.25) is 4.79 Å². The number of Topliss-reactive ketones (excluding diaryl/α,β-unsaturated/α-hetero) is 1. The minimum absolute atomic E-state index is 0.0850. The lowest BCUT2D eigenvalue weighted by Gasteiger charge is -2.26. The average Bonchev–Trinajstić information content (AvgIpc) is 2.58. The van der Waals surface area contributed by atoms with Gasteiger partial charge in [0.2, 0.25) is 0 Å². The topological polar surface area (TPSA) is 41.1 Å². The van der Waals surface area contributed by atoms with E-state index in [1.807, 2.05) is 0 Å². The van der Waals surface area contributed by atoms with E-state index in [0.717, 1.165) is 32.5 Å². The predicted octanol–water partition coefficient (Wildman–Crippen LogP) is 1.09. The second-order valence-corrected chi connectivity index (χ2v) is 4.80. The largest absolute Gasteiger partial charge is 0.313 e. The molecule has 1 aliphatic heterocycles. The standard InChI is InChI=1S/C12H22N2O/c15-12(11-9-13-7-8-14-11)10-5-3-1-2-4-6-10/h10-11,13-14H,1-9H2. The highest BCUT2D eigenvalue weighted by Gasteiger charge is 2.27. The maximum Gasteiger partial charge on any atom is 0.154 e. The van der Waals surface area contributed by atoms with Crippen LogP contribution in [0.5, 0.6) is 0 Å². The number of hydrogen-bond acceptors (Lipinski definition) is 3. The molecule has 0 aromatic rings. The minimum atomic E-state index is 0.0850. The summed E-state index contributed by atoms with van der Waals surface area (Å²) in [6.45, 7) is 2.76. The van der Waals surface area contributed by atoms with Gasteiger partial charge in [-0.25, -0.2) is 0 Å². The molecule has 0 radical (unpaired) electrons. The molecule has 0 aromatic carbocycles. The van der Waals surface area contributed by atoms with Gasteiger partial charge in [-0.15, -0.1) is 0 Å². The first-order chi connectivity index (χ1) is 7.38. The number of carbonyl (C=O) groups is 1.